The molecule has 0 amide bonds. The summed E-state index contributed by atoms with van der Waals surface area (Å²) in [6.07, 6.45) is 0. The lowest BCUT2D eigenvalue weighted by Crippen LogP contribution is -2.31. The van der Waals surface area contributed by atoms with Crippen LogP contribution in [0.3, 0.4) is 0 Å². The molecule has 0 heterocycles. The fourth-order valence-electron chi connectivity index (χ4n) is 0.755. The largest absolute Gasteiger partial charge is 0.355 e. The summed E-state index contributed by atoms with van der Waals surface area (Å²) in [5.74, 6) is 0. The number of thiocyanates is 1. The quantitative estimate of drug-likeness (QED) is 0.356. The molecule has 0 radical (unpaired) electrons. The fourth-order valence-corrected chi connectivity index (χ4v) is 1.86. The molecule has 0 fully saturated rings. The number of hydrogen-bond acceptors (Lipinski definition) is 5. The molecule has 3 nitrogen and oxygen atoms in total. The van der Waals surface area contributed by atoms with Gasteiger partial charge in [-0.05, 0) is 30.9 Å². The number of nitriles is 1. The highest BCUT2D eigenvalue weighted by atomic mass is 32.2. The van der Waals surface area contributed by atoms with Crippen molar-refractivity contribution in [3.63, 3.8) is 0 Å². The summed E-state index contributed by atoms with van der Waals surface area (Å²) >= 11 is 14.5. The molecular formula is C7H9N3S4. The third-order valence-electron chi connectivity index (χ3n) is 1.41. The Balaban J connectivity index is 4.33. The van der Waals surface area contributed by atoms with Crippen LogP contribution in [-0.2, 0) is 0 Å². The first-order valence-electron chi connectivity index (χ1n) is 3.75. The highest BCUT2D eigenvalue weighted by Gasteiger charge is 2.12. The van der Waals surface area contributed by atoms with Crippen molar-refractivity contribution in [1.82, 2.24) is 4.90 Å². The topological polar surface area (TPSA) is 39.4 Å². The van der Waals surface area contributed by atoms with Gasteiger partial charge in [0, 0.05) is 6.54 Å². The van der Waals surface area contributed by atoms with Crippen LogP contribution < -0.4 is 0 Å². The molecule has 0 aliphatic carbocycles. The third-order valence-corrected chi connectivity index (χ3v) is 2.69. The van der Waals surface area contributed by atoms with Crippen molar-refractivity contribution in [2.45, 2.75) is 12.3 Å². The standard InChI is InChI=1S/C7H9N3S4/c1-2-10(7(12)13)3-6(9-5-11)14-4-8/h6H,2-3H2,1H3,(H,12,13). The van der Waals surface area contributed by atoms with Gasteiger partial charge < -0.3 is 4.90 Å². The van der Waals surface area contributed by atoms with Crippen LogP contribution in [-0.4, -0.2) is 32.8 Å². The molecule has 1 atom stereocenters. The van der Waals surface area contributed by atoms with Gasteiger partial charge in [-0.25, -0.2) is 4.99 Å². The Labute approximate surface area is 104 Å². The van der Waals surface area contributed by atoms with Gasteiger partial charge in [0.15, 0.2) is 0 Å². The predicted molar refractivity (Wildman–Crippen MR) is 70.8 cm³/mol. The van der Waals surface area contributed by atoms with Crippen molar-refractivity contribution in [2.75, 3.05) is 13.1 Å². The minimum absolute atomic E-state index is 0.248. The van der Waals surface area contributed by atoms with E-state index in [2.05, 4.69) is 35.0 Å². The summed E-state index contributed by atoms with van der Waals surface area (Å²) < 4.78 is 0.496. The van der Waals surface area contributed by atoms with Crippen LogP contribution in [0.5, 0.6) is 0 Å². The maximum Gasteiger partial charge on any atom is 0.137 e. The molecule has 0 spiro atoms. The number of rotatable bonds is 5. The van der Waals surface area contributed by atoms with E-state index < -0.39 is 0 Å². The van der Waals surface area contributed by atoms with Crippen LogP contribution >= 0.6 is 48.8 Å². The van der Waals surface area contributed by atoms with Crippen molar-refractivity contribution in [1.29, 1.82) is 5.26 Å². The highest BCUT2D eigenvalue weighted by molar-refractivity contribution is 8.11. The summed E-state index contributed by atoms with van der Waals surface area (Å²) in [6.45, 7) is 3.22. The molecule has 0 aromatic rings. The molecule has 0 N–H and O–H groups in total. The molecule has 0 aliphatic heterocycles. The molecule has 0 saturated carbocycles. The Morgan fingerprint density at radius 2 is 2.43 bits per heavy atom. The van der Waals surface area contributed by atoms with E-state index in [0.29, 0.717) is 10.9 Å². The van der Waals surface area contributed by atoms with Crippen LogP contribution in [0.2, 0.25) is 0 Å². The van der Waals surface area contributed by atoms with Gasteiger partial charge in [0.2, 0.25) is 0 Å². The van der Waals surface area contributed by atoms with Gasteiger partial charge in [-0.1, -0.05) is 12.2 Å². The Morgan fingerprint density at radius 3 is 2.79 bits per heavy atom. The van der Waals surface area contributed by atoms with Crippen LogP contribution in [0.4, 0.5) is 0 Å². The number of thiocarbonyl (C=S) groups is 2. The van der Waals surface area contributed by atoms with Crippen LogP contribution in [0.15, 0.2) is 4.99 Å². The average Bonchev–Trinajstić information content (AvgIpc) is 2.14. The Bertz CT molecular complexity index is 279. The molecule has 0 saturated heterocycles. The molecule has 0 aliphatic rings. The fraction of sp³-hybridized carbons (Fsp3) is 0.571. The predicted octanol–water partition coefficient (Wildman–Crippen LogP) is 2.17. The molecule has 0 bridgehead atoms. The SMILES string of the molecule is CCN(CC(N=C=S)SC#N)C(=S)S. The van der Waals surface area contributed by atoms with E-state index in [9.17, 15) is 0 Å². The molecule has 1 unspecified atom stereocenters. The van der Waals surface area contributed by atoms with Gasteiger partial charge in [0.25, 0.3) is 0 Å². The maximum atomic E-state index is 8.51. The molecule has 0 rings (SSSR count). The second-order valence-corrected chi connectivity index (χ2v) is 4.46. The van der Waals surface area contributed by atoms with E-state index in [-0.39, 0.29) is 5.37 Å². The van der Waals surface area contributed by atoms with Gasteiger partial charge in [-0.2, -0.15) is 5.26 Å². The van der Waals surface area contributed by atoms with Gasteiger partial charge in [-0.3, -0.25) is 0 Å². The normalized spacial score (nSPS) is 10.9. The van der Waals surface area contributed by atoms with E-state index in [1.165, 1.54) is 0 Å². The summed E-state index contributed by atoms with van der Waals surface area (Å²) in [5, 5.41) is 12.5. The number of likely N-dealkylation sites (N-methyl/N-ethyl adjacent to an activating group) is 1. The average molecular weight is 263 g/mol. The minimum Gasteiger partial charge on any atom is -0.355 e. The van der Waals surface area contributed by atoms with Gasteiger partial charge in [0.05, 0.1) is 11.7 Å². The van der Waals surface area contributed by atoms with Crippen LogP contribution in [0, 0.1) is 10.7 Å². The number of isothiocyanates is 1. The Hall–Kier alpha value is -0.120. The summed E-state index contributed by atoms with van der Waals surface area (Å²) in [7, 11) is 0. The van der Waals surface area contributed by atoms with E-state index in [4.69, 9.17) is 17.5 Å². The second-order valence-electron chi connectivity index (χ2n) is 2.21. The number of aliphatic imine (C=N–C) groups is 1. The van der Waals surface area contributed by atoms with E-state index in [1.807, 2.05) is 17.2 Å². The zero-order chi connectivity index (χ0) is 11.0. The first-order valence-corrected chi connectivity index (χ1v) is 5.89. The molecule has 7 heteroatoms. The van der Waals surface area contributed by atoms with Crippen molar-refractivity contribution >= 4 is 58.3 Å². The second kappa shape index (κ2) is 8.21. The van der Waals surface area contributed by atoms with Crippen LogP contribution in [0.1, 0.15) is 6.92 Å². The van der Waals surface area contributed by atoms with Crippen LogP contribution in [0.25, 0.3) is 0 Å². The first kappa shape index (κ1) is 13.9. The number of hydrogen-bond donors (Lipinski definition) is 1. The smallest absolute Gasteiger partial charge is 0.137 e. The summed E-state index contributed by atoms with van der Waals surface area (Å²) in [4.78, 5) is 5.69. The molecular weight excluding hydrogens is 254 g/mol. The van der Waals surface area contributed by atoms with Gasteiger partial charge in [0.1, 0.15) is 15.1 Å². The lowest BCUT2D eigenvalue weighted by Gasteiger charge is -2.22. The molecule has 0 aromatic carbocycles. The van der Waals surface area contributed by atoms with Gasteiger partial charge in [-0.15, -0.1) is 12.6 Å². The molecule has 76 valence electrons. The zero-order valence-corrected chi connectivity index (χ0v) is 10.8. The summed E-state index contributed by atoms with van der Waals surface area (Å²) in [6, 6.07) is 0. The minimum atomic E-state index is -0.248. The van der Waals surface area contributed by atoms with Crippen molar-refractivity contribution < 1.29 is 0 Å². The number of nitrogens with zero attached hydrogens (tertiary/aromatic N) is 3. The Morgan fingerprint density at radius 1 is 1.79 bits per heavy atom. The van der Waals surface area contributed by atoms with Crippen molar-refractivity contribution in [3.8, 4) is 5.40 Å². The van der Waals surface area contributed by atoms with Crippen molar-refractivity contribution in [2.24, 2.45) is 4.99 Å². The number of thiol groups is 1. The zero-order valence-electron chi connectivity index (χ0n) is 7.51. The van der Waals surface area contributed by atoms with E-state index >= 15 is 0 Å². The summed E-state index contributed by atoms with van der Waals surface area (Å²) in [5.41, 5.74) is 0. The lowest BCUT2D eigenvalue weighted by atomic mass is 10.5. The highest BCUT2D eigenvalue weighted by Crippen LogP contribution is 2.12. The van der Waals surface area contributed by atoms with Gasteiger partial charge >= 0.3 is 0 Å². The van der Waals surface area contributed by atoms with Crippen molar-refractivity contribution in [3.05, 3.63) is 0 Å². The first-order chi connectivity index (χ1) is 6.65. The van der Waals surface area contributed by atoms with E-state index in [0.717, 1.165) is 18.3 Å². The molecule has 0 aromatic heterocycles. The van der Waals surface area contributed by atoms with E-state index in [1.54, 1.807) is 0 Å². The molecule has 14 heavy (non-hydrogen) atoms. The monoisotopic (exact) mass is 263 g/mol. The Kier molecular flexibility index (Phi) is 8.14. The number of thioether (sulfide) groups is 1. The third kappa shape index (κ3) is 5.58. The maximum absolute atomic E-state index is 8.51. The lowest BCUT2D eigenvalue weighted by molar-refractivity contribution is 0.457.